The molecule has 6 heteroatoms. The molecule has 0 bridgehead atoms. The Bertz CT molecular complexity index is 538. The molecule has 1 aromatic carbocycles. The summed E-state index contributed by atoms with van der Waals surface area (Å²) in [5.74, 6) is -1.16. The molecule has 0 unspecified atom stereocenters. The third-order valence-corrected chi connectivity index (χ3v) is 2.78. The first kappa shape index (κ1) is 16.4. The van der Waals surface area contributed by atoms with Gasteiger partial charge in [-0.05, 0) is 37.1 Å². The smallest absolute Gasteiger partial charge is 0.251 e. The van der Waals surface area contributed by atoms with Gasteiger partial charge in [-0.2, -0.15) is 0 Å². The SMILES string of the molecule is C=CCC[C@@H](NC(=O)c1ccc(NC(C)=O)cc1)C(N)=O. The summed E-state index contributed by atoms with van der Waals surface area (Å²) >= 11 is 0. The van der Waals surface area contributed by atoms with Crippen molar-refractivity contribution >= 4 is 23.4 Å². The van der Waals surface area contributed by atoms with Gasteiger partial charge < -0.3 is 16.4 Å². The minimum absolute atomic E-state index is 0.189. The molecule has 0 heterocycles. The van der Waals surface area contributed by atoms with E-state index in [0.29, 0.717) is 24.1 Å². The molecule has 3 amide bonds. The normalized spacial score (nSPS) is 11.3. The molecule has 0 saturated carbocycles. The molecule has 4 N–H and O–H groups in total. The Morgan fingerprint density at radius 1 is 1.29 bits per heavy atom. The molecular formula is C15H19N3O3. The summed E-state index contributed by atoms with van der Waals surface area (Å²) < 4.78 is 0. The molecule has 0 spiro atoms. The van der Waals surface area contributed by atoms with Gasteiger partial charge in [-0.3, -0.25) is 14.4 Å². The van der Waals surface area contributed by atoms with Gasteiger partial charge in [0.1, 0.15) is 6.04 Å². The maximum atomic E-state index is 12.0. The molecule has 0 aliphatic heterocycles. The summed E-state index contributed by atoms with van der Waals surface area (Å²) in [6.07, 6.45) is 2.65. The quantitative estimate of drug-likeness (QED) is 0.657. The number of allylic oxidation sites excluding steroid dienone is 1. The van der Waals surface area contributed by atoms with Crippen LogP contribution >= 0.6 is 0 Å². The topological polar surface area (TPSA) is 101 Å². The summed E-state index contributed by atoms with van der Waals surface area (Å²) in [6.45, 7) is 4.96. The minimum Gasteiger partial charge on any atom is -0.368 e. The Morgan fingerprint density at radius 2 is 1.90 bits per heavy atom. The van der Waals surface area contributed by atoms with Crippen LogP contribution in [-0.2, 0) is 9.59 Å². The zero-order valence-electron chi connectivity index (χ0n) is 11.9. The van der Waals surface area contributed by atoms with E-state index in [9.17, 15) is 14.4 Å². The Balaban J connectivity index is 2.71. The van der Waals surface area contributed by atoms with Crippen molar-refractivity contribution in [1.29, 1.82) is 0 Å². The number of carbonyl (C=O) groups excluding carboxylic acids is 3. The molecule has 21 heavy (non-hydrogen) atoms. The molecular weight excluding hydrogens is 270 g/mol. The number of benzene rings is 1. The molecule has 0 radical (unpaired) electrons. The third kappa shape index (κ3) is 5.48. The predicted molar refractivity (Wildman–Crippen MR) is 80.6 cm³/mol. The molecule has 112 valence electrons. The average molecular weight is 289 g/mol. The summed E-state index contributed by atoms with van der Waals surface area (Å²) in [5.41, 5.74) is 6.23. The Hall–Kier alpha value is -2.63. The van der Waals surface area contributed by atoms with Crippen LogP contribution in [0.5, 0.6) is 0 Å². The number of carbonyl (C=O) groups is 3. The highest BCUT2D eigenvalue weighted by Gasteiger charge is 2.18. The van der Waals surface area contributed by atoms with E-state index in [1.54, 1.807) is 30.3 Å². The van der Waals surface area contributed by atoms with Gasteiger partial charge in [-0.25, -0.2) is 0 Å². The van der Waals surface area contributed by atoms with Crippen LogP contribution in [0, 0.1) is 0 Å². The summed E-state index contributed by atoms with van der Waals surface area (Å²) in [4.78, 5) is 34.2. The molecule has 0 fully saturated rings. The summed E-state index contributed by atoms with van der Waals surface area (Å²) in [6, 6.07) is 5.61. The number of primary amides is 1. The van der Waals surface area contributed by atoms with Gasteiger partial charge >= 0.3 is 0 Å². The number of hydrogen-bond donors (Lipinski definition) is 3. The second kappa shape index (κ2) is 7.84. The lowest BCUT2D eigenvalue weighted by Crippen LogP contribution is -2.44. The molecule has 0 aromatic heterocycles. The van der Waals surface area contributed by atoms with E-state index < -0.39 is 17.9 Å². The molecule has 1 aromatic rings. The monoisotopic (exact) mass is 289 g/mol. The highest BCUT2D eigenvalue weighted by molar-refractivity contribution is 5.98. The number of amides is 3. The van der Waals surface area contributed by atoms with Crippen LogP contribution in [0.4, 0.5) is 5.69 Å². The predicted octanol–water partition coefficient (Wildman–Crippen LogP) is 1.19. The Kier molecular flexibility index (Phi) is 6.13. The van der Waals surface area contributed by atoms with E-state index in [4.69, 9.17) is 5.73 Å². The molecule has 6 nitrogen and oxygen atoms in total. The van der Waals surface area contributed by atoms with Crippen molar-refractivity contribution in [3.63, 3.8) is 0 Å². The molecule has 0 aliphatic rings. The second-order valence-corrected chi connectivity index (χ2v) is 4.55. The summed E-state index contributed by atoms with van der Waals surface area (Å²) in [7, 11) is 0. The molecule has 1 rings (SSSR count). The first-order valence-electron chi connectivity index (χ1n) is 6.52. The third-order valence-electron chi connectivity index (χ3n) is 2.78. The van der Waals surface area contributed by atoms with Crippen LogP contribution in [-0.4, -0.2) is 23.8 Å². The van der Waals surface area contributed by atoms with Crippen molar-refractivity contribution < 1.29 is 14.4 Å². The van der Waals surface area contributed by atoms with Gasteiger partial charge in [0.15, 0.2) is 0 Å². The van der Waals surface area contributed by atoms with Crippen LogP contribution in [0.1, 0.15) is 30.1 Å². The largest absolute Gasteiger partial charge is 0.368 e. The van der Waals surface area contributed by atoms with E-state index in [-0.39, 0.29) is 5.91 Å². The van der Waals surface area contributed by atoms with Gasteiger partial charge in [0.05, 0.1) is 0 Å². The van der Waals surface area contributed by atoms with Crippen molar-refractivity contribution in [3.05, 3.63) is 42.5 Å². The van der Waals surface area contributed by atoms with Gasteiger partial charge in [-0.15, -0.1) is 6.58 Å². The van der Waals surface area contributed by atoms with E-state index in [0.717, 1.165) is 0 Å². The minimum atomic E-state index is -0.731. The van der Waals surface area contributed by atoms with Crippen molar-refractivity contribution in [2.24, 2.45) is 5.73 Å². The van der Waals surface area contributed by atoms with Crippen molar-refractivity contribution in [2.75, 3.05) is 5.32 Å². The maximum Gasteiger partial charge on any atom is 0.251 e. The van der Waals surface area contributed by atoms with E-state index in [1.807, 2.05) is 0 Å². The first-order chi connectivity index (χ1) is 9.93. The summed E-state index contributed by atoms with van der Waals surface area (Å²) in [5, 5.41) is 5.18. The molecule has 0 saturated heterocycles. The number of nitrogens with two attached hydrogens (primary N) is 1. The Morgan fingerprint density at radius 3 is 2.38 bits per heavy atom. The fourth-order valence-electron chi connectivity index (χ4n) is 1.72. The van der Waals surface area contributed by atoms with Crippen molar-refractivity contribution in [1.82, 2.24) is 5.32 Å². The van der Waals surface area contributed by atoms with E-state index in [2.05, 4.69) is 17.2 Å². The lowest BCUT2D eigenvalue weighted by atomic mass is 10.1. The van der Waals surface area contributed by atoms with Crippen LogP contribution in [0.25, 0.3) is 0 Å². The van der Waals surface area contributed by atoms with Gasteiger partial charge in [0, 0.05) is 18.2 Å². The van der Waals surface area contributed by atoms with Gasteiger partial charge in [-0.1, -0.05) is 6.08 Å². The van der Waals surface area contributed by atoms with Gasteiger partial charge in [0.25, 0.3) is 5.91 Å². The standard InChI is InChI=1S/C15H19N3O3/c1-3-4-5-13(14(16)20)18-15(21)11-6-8-12(9-7-11)17-10(2)19/h3,6-9,13H,1,4-5H2,2H3,(H2,16,20)(H,17,19)(H,18,21)/t13-/m1/s1. The number of anilines is 1. The van der Waals surface area contributed by atoms with Gasteiger partial charge in [0.2, 0.25) is 11.8 Å². The fourth-order valence-corrected chi connectivity index (χ4v) is 1.72. The van der Waals surface area contributed by atoms with Crippen molar-refractivity contribution in [2.45, 2.75) is 25.8 Å². The second-order valence-electron chi connectivity index (χ2n) is 4.55. The lowest BCUT2D eigenvalue weighted by Gasteiger charge is -2.14. The highest BCUT2D eigenvalue weighted by atomic mass is 16.2. The van der Waals surface area contributed by atoms with Crippen LogP contribution < -0.4 is 16.4 Å². The maximum absolute atomic E-state index is 12.0. The highest BCUT2D eigenvalue weighted by Crippen LogP contribution is 2.10. The van der Waals surface area contributed by atoms with Crippen LogP contribution in [0.15, 0.2) is 36.9 Å². The van der Waals surface area contributed by atoms with Crippen LogP contribution in [0.2, 0.25) is 0 Å². The number of hydrogen-bond acceptors (Lipinski definition) is 3. The average Bonchev–Trinajstić information content (AvgIpc) is 2.43. The van der Waals surface area contributed by atoms with E-state index >= 15 is 0 Å². The Labute approximate surface area is 123 Å². The van der Waals surface area contributed by atoms with E-state index in [1.165, 1.54) is 6.92 Å². The fraction of sp³-hybridized carbons (Fsp3) is 0.267. The van der Waals surface area contributed by atoms with Crippen LogP contribution in [0.3, 0.4) is 0 Å². The molecule has 1 atom stereocenters. The zero-order valence-corrected chi connectivity index (χ0v) is 11.9. The number of rotatable bonds is 7. The lowest BCUT2D eigenvalue weighted by molar-refractivity contribution is -0.120. The van der Waals surface area contributed by atoms with Crippen molar-refractivity contribution in [3.8, 4) is 0 Å². The first-order valence-corrected chi connectivity index (χ1v) is 6.52. The zero-order chi connectivity index (χ0) is 15.8. The molecule has 0 aliphatic carbocycles. The number of nitrogens with one attached hydrogen (secondary N) is 2.